The lowest BCUT2D eigenvalue weighted by atomic mass is 10.1. The van der Waals surface area contributed by atoms with Crippen LogP contribution in [0.15, 0.2) is 24.4 Å². The predicted molar refractivity (Wildman–Crippen MR) is 52.1 cm³/mol. The highest BCUT2D eigenvalue weighted by Crippen LogP contribution is 2.19. The molecule has 2 aromatic rings. The molecule has 0 unspecified atom stereocenters. The molecule has 0 saturated carbocycles. The molecule has 1 aromatic carbocycles. The molecular weight excluding hydrogens is 164 g/mol. The van der Waals surface area contributed by atoms with E-state index in [1.807, 2.05) is 24.4 Å². The number of aliphatic hydroxyl groups is 1. The highest BCUT2D eigenvalue weighted by Gasteiger charge is 2.02. The average molecular weight is 176 g/mol. The Bertz CT molecular complexity index is 420. The van der Waals surface area contributed by atoms with E-state index in [0.717, 1.165) is 22.0 Å². The minimum atomic E-state index is 0.0635. The number of hydrogen-bond acceptors (Lipinski definition) is 2. The molecule has 0 aliphatic rings. The summed E-state index contributed by atoms with van der Waals surface area (Å²) in [5, 5.41) is 10.1. The first-order valence-electron chi connectivity index (χ1n) is 4.25. The Morgan fingerprint density at radius 3 is 2.92 bits per heavy atom. The zero-order valence-electron chi connectivity index (χ0n) is 7.25. The monoisotopic (exact) mass is 176 g/mol. The minimum absolute atomic E-state index is 0.0635. The molecule has 0 bridgehead atoms. The van der Waals surface area contributed by atoms with Crippen LogP contribution in [-0.4, -0.2) is 10.1 Å². The summed E-state index contributed by atoms with van der Waals surface area (Å²) < 4.78 is 0. The Labute approximate surface area is 76.2 Å². The van der Waals surface area contributed by atoms with Crippen LogP contribution in [0.4, 0.5) is 0 Å². The van der Waals surface area contributed by atoms with Gasteiger partial charge in [0.25, 0.3) is 0 Å². The van der Waals surface area contributed by atoms with Crippen LogP contribution in [0.2, 0.25) is 0 Å². The zero-order chi connectivity index (χ0) is 9.26. The molecule has 3 nitrogen and oxygen atoms in total. The largest absolute Gasteiger partial charge is 0.392 e. The van der Waals surface area contributed by atoms with Crippen LogP contribution in [0.5, 0.6) is 0 Å². The Morgan fingerprint density at radius 1 is 1.38 bits per heavy atom. The van der Waals surface area contributed by atoms with Crippen LogP contribution in [0, 0.1) is 0 Å². The van der Waals surface area contributed by atoms with Crippen LogP contribution in [0.1, 0.15) is 11.1 Å². The van der Waals surface area contributed by atoms with Gasteiger partial charge in [0, 0.05) is 29.2 Å². The van der Waals surface area contributed by atoms with E-state index in [1.54, 1.807) is 0 Å². The lowest BCUT2D eigenvalue weighted by molar-refractivity contribution is 0.283. The van der Waals surface area contributed by atoms with Gasteiger partial charge in [-0.3, -0.25) is 0 Å². The Balaban J connectivity index is 2.64. The standard InChI is InChI=1S/C10H12N2O/c11-4-7-1-2-10-9(3-7)8(6-13)5-12-10/h1-3,5,12-13H,4,6,11H2. The van der Waals surface area contributed by atoms with Gasteiger partial charge in [-0.05, 0) is 17.7 Å². The molecule has 0 aliphatic heterocycles. The van der Waals surface area contributed by atoms with Crippen molar-refractivity contribution in [2.24, 2.45) is 5.73 Å². The molecule has 0 saturated heterocycles. The van der Waals surface area contributed by atoms with E-state index in [9.17, 15) is 0 Å². The number of aromatic nitrogens is 1. The zero-order valence-corrected chi connectivity index (χ0v) is 7.25. The number of aromatic amines is 1. The first-order chi connectivity index (χ1) is 6.35. The highest BCUT2D eigenvalue weighted by molar-refractivity contribution is 5.83. The summed E-state index contributed by atoms with van der Waals surface area (Å²) in [4.78, 5) is 3.09. The number of hydrogen-bond donors (Lipinski definition) is 3. The molecule has 1 heterocycles. The smallest absolute Gasteiger partial charge is 0.0702 e. The summed E-state index contributed by atoms with van der Waals surface area (Å²) in [5.41, 5.74) is 8.58. The van der Waals surface area contributed by atoms with Crippen molar-refractivity contribution >= 4 is 10.9 Å². The van der Waals surface area contributed by atoms with E-state index in [0.29, 0.717) is 6.54 Å². The maximum atomic E-state index is 9.04. The quantitative estimate of drug-likeness (QED) is 0.642. The maximum Gasteiger partial charge on any atom is 0.0702 e. The van der Waals surface area contributed by atoms with Gasteiger partial charge in [0.15, 0.2) is 0 Å². The van der Waals surface area contributed by atoms with Crippen LogP contribution < -0.4 is 5.73 Å². The molecule has 13 heavy (non-hydrogen) atoms. The van der Waals surface area contributed by atoms with Gasteiger partial charge in [0.05, 0.1) is 6.61 Å². The second kappa shape index (κ2) is 3.20. The van der Waals surface area contributed by atoms with Crippen molar-refractivity contribution in [2.45, 2.75) is 13.2 Å². The van der Waals surface area contributed by atoms with Crippen molar-refractivity contribution in [3.8, 4) is 0 Å². The molecule has 0 radical (unpaired) electrons. The van der Waals surface area contributed by atoms with Crippen LogP contribution in [0.25, 0.3) is 10.9 Å². The number of H-pyrrole nitrogens is 1. The van der Waals surface area contributed by atoms with Crippen molar-refractivity contribution in [1.82, 2.24) is 4.98 Å². The third kappa shape index (κ3) is 1.32. The number of benzene rings is 1. The molecule has 0 spiro atoms. The van der Waals surface area contributed by atoms with Crippen LogP contribution in [0.3, 0.4) is 0 Å². The maximum absolute atomic E-state index is 9.04. The lowest BCUT2D eigenvalue weighted by Gasteiger charge is -1.97. The van der Waals surface area contributed by atoms with Gasteiger partial charge in [-0.1, -0.05) is 6.07 Å². The molecule has 0 aliphatic carbocycles. The number of aliphatic hydroxyl groups excluding tert-OH is 1. The number of fused-ring (bicyclic) bond motifs is 1. The first kappa shape index (κ1) is 8.29. The number of nitrogens with one attached hydrogen (secondary N) is 1. The van der Waals surface area contributed by atoms with Gasteiger partial charge >= 0.3 is 0 Å². The fraction of sp³-hybridized carbons (Fsp3) is 0.200. The summed E-state index contributed by atoms with van der Waals surface area (Å²) in [6, 6.07) is 5.98. The van der Waals surface area contributed by atoms with Crippen molar-refractivity contribution < 1.29 is 5.11 Å². The fourth-order valence-corrected chi connectivity index (χ4v) is 1.48. The van der Waals surface area contributed by atoms with E-state index in [2.05, 4.69) is 4.98 Å². The van der Waals surface area contributed by atoms with Gasteiger partial charge in [-0.25, -0.2) is 0 Å². The third-order valence-corrected chi connectivity index (χ3v) is 2.24. The molecule has 4 N–H and O–H groups in total. The summed E-state index contributed by atoms with van der Waals surface area (Å²) in [6.45, 7) is 0.597. The average Bonchev–Trinajstić information content (AvgIpc) is 2.59. The molecule has 1 aromatic heterocycles. The SMILES string of the molecule is NCc1ccc2[nH]cc(CO)c2c1. The topological polar surface area (TPSA) is 62.0 Å². The van der Waals surface area contributed by atoms with Gasteiger partial charge in [-0.15, -0.1) is 0 Å². The van der Waals surface area contributed by atoms with Crippen molar-refractivity contribution in [1.29, 1.82) is 0 Å². The molecule has 2 rings (SSSR count). The van der Waals surface area contributed by atoms with Gasteiger partial charge < -0.3 is 15.8 Å². The van der Waals surface area contributed by atoms with Crippen molar-refractivity contribution in [3.63, 3.8) is 0 Å². The number of nitrogens with two attached hydrogens (primary N) is 1. The molecule has 3 heteroatoms. The Kier molecular flexibility index (Phi) is 2.04. The summed E-state index contributed by atoms with van der Waals surface area (Å²) in [7, 11) is 0. The molecule has 0 fully saturated rings. The second-order valence-corrected chi connectivity index (χ2v) is 3.06. The fourth-order valence-electron chi connectivity index (χ4n) is 1.48. The van der Waals surface area contributed by atoms with Crippen LogP contribution in [-0.2, 0) is 13.2 Å². The normalized spacial score (nSPS) is 10.9. The lowest BCUT2D eigenvalue weighted by Crippen LogP contribution is -1.95. The van der Waals surface area contributed by atoms with E-state index in [-0.39, 0.29) is 6.61 Å². The molecule has 68 valence electrons. The second-order valence-electron chi connectivity index (χ2n) is 3.06. The summed E-state index contributed by atoms with van der Waals surface area (Å²) in [5.74, 6) is 0. The van der Waals surface area contributed by atoms with E-state index >= 15 is 0 Å². The van der Waals surface area contributed by atoms with E-state index in [4.69, 9.17) is 10.8 Å². The van der Waals surface area contributed by atoms with E-state index < -0.39 is 0 Å². The Hall–Kier alpha value is -1.32. The number of rotatable bonds is 2. The highest BCUT2D eigenvalue weighted by atomic mass is 16.3. The van der Waals surface area contributed by atoms with Crippen LogP contribution >= 0.6 is 0 Å². The minimum Gasteiger partial charge on any atom is -0.392 e. The van der Waals surface area contributed by atoms with Gasteiger partial charge in [0.2, 0.25) is 0 Å². The first-order valence-corrected chi connectivity index (χ1v) is 4.25. The van der Waals surface area contributed by atoms with Crippen molar-refractivity contribution in [3.05, 3.63) is 35.5 Å². The third-order valence-electron chi connectivity index (χ3n) is 2.24. The van der Waals surface area contributed by atoms with E-state index in [1.165, 1.54) is 0 Å². The molecule has 0 amide bonds. The predicted octanol–water partition coefficient (Wildman–Crippen LogP) is 1.12. The summed E-state index contributed by atoms with van der Waals surface area (Å²) >= 11 is 0. The molecule has 0 atom stereocenters. The van der Waals surface area contributed by atoms with Gasteiger partial charge in [0.1, 0.15) is 0 Å². The van der Waals surface area contributed by atoms with Gasteiger partial charge in [-0.2, -0.15) is 0 Å². The summed E-state index contributed by atoms with van der Waals surface area (Å²) in [6.07, 6.45) is 1.82. The Morgan fingerprint density at radius 2 is 2.23 bits per heavy atom. The molecular formula is C10H12N2O. The van der Waals surface area contributed by atoms with Crippen molar-refractivity contribution in [2.75, 3.05) is 0 Å².